The SMILES string of the molecule is CCNCc1cc2cccc(C(C)C)c2[nH]c1=O. The van der Waals surface area contributed by atoms with Crippen molar-refractivity contribution in [1.82, 2.24) is 10.3 Å². The van der Waals surface area contributed by atoms with Gasteiger partial charge in [-0.3, -0.25) is 4.79 Å². The van der Waals surface area contributed by atoms with Crippen LogP contribution in [-0.2, 0) is 6.54 Å². The minimum absolute atomic E-state index is 0.0107. The highest BCUT2D eigenvalue weighted by Crippen LogP contribution is 2.22. The van der Waals surface area contributed by atoms with Crippen molar-refractivity contribution in [3.05, 3.63) is 45.7 Å². The number of benzene rings is 1. The molecule has 3 nitrogen and oxygen atoms in total. The van der Waals surface area contributed by atoms with Gasteiger partial charge in [0.25, 0.3) is 5.56 Å². The molecule has 96 valence electrons. The lowest BCUT2D eigenvalue weighted by molar-refractivity contribution is 0.721. The Hall–Kier alpha value is -1.61. The van der Waals surface area contributed by atoms with Gasteiger partial charge in [0.2, 0.25) is 0 Å². The van der Waals surface area contributed by atoms with Crippen molar-refractivity contribution < 1.29 is 0 Å². The van der Waals surface area contributed by atoms with Gasteiger partial charge in [-0.05, 0) is 29.5 Å². The fraction of sp³-hybridized carbons (Fsp3) is 0.400. The van der Waals surface area contributed by atoms with Crippen LogP contribution in [0, 0.1) is 0 Å². The average Bonchev–Trinajstić information content (AvgIpc) is 2.35. The van der Waals surface area contributed by atoms with Crippen LogP contribution in [0.5, 0.6) is 0 Å². The second-order valence-electron chi connectivity index (χ2n) is 4.87. The Morgan fingerprint density at radius 1 is 1.33 bits per heavy atom. The van der Waals surface area contributed by atoms with Gasteiger partial charge in [0.1, 0.15) is 0 Å². The summed E-state index contributed by atoms with van der Waals surface area (Å²) in [6.45, 7) is 7.79. The number of hydrogen-bond donors (Lipinski definition) is 2. The van der Waals surface area contributed by atoms with Crippen LogP contribution in [0.25, 0.3) is 10.9 Å². The summed E-state index contributed by atoms with van der Waals surface area (Å²) in [5, 5.41) is 4.29. The summed E-state index contributed by atoms with van der Waals surface area (Å²) in [6, 6.07) is 8.16. The average molecular weight is 244 g/mol. The molecule has 0 aliphatic rings. The van der Waals surface area contributed by atoms with Gasteiger partial charge in [0, 0.05) is 12.1 Å². The largest absolute Gasteiger partial charge is 0.321 e. The van der Waals surface area contributed by atoms with Crippen LogP contribution in [0.4, 0.5) is 0 Å². The van der Waals surface area contributed by atoms with E-state index in [1.165, 1.54) is 5.56 Å². The first-order valence-electron chi connectivity index (χ1n) is 6.49. The first-order chi connectivity index (χ1) is 8.63. The number of H-pyrrole nitrogens is 1. The van der Waals surface area contributed by atoms with Crippen LogP contribution in [0.2, 0.25) is 0 Å². The maximum Gasteiger partial charge on any atom is 0.252 e. The first-order valence-corrected chi connectivity index (χ1v) is 6.49. The van der Waals surface area contributed by atoms with Gasteiger partial charge in [-0.25, -0.2) is 0 Å². The molecule has 0 aliphatic carbocycles. The highest BCUT2D eigenvalue weighted by atomic mass is 16.1. The molecular weight excluding hydrogens is 224 g/mol. The molecule has 0 fully saturated rings. The van der Waals surface area contributed by atoms with E-state index in [0.29, 0.717) is 12.5 Å². The predicted molar refractivity (Wildman–Crippen MR) is 76.0 cm³/mol. The Bertz CT molecular complexity index is 599. The minimum atomic E-state index is 0.0107. The number of hydrogen-bond acceptors (Lipinski definition) is 2. The van der Waals surface area contributed by atoms with E-state index in [1.807, 2.05) is 25.1 Å². The summed E-state index contributed by atoms with van der Waals surface area (Å²) in [5.74, 6) is 0.406. The molecule has 1 aromatic carbocycles. The van der Waals surface area contributed by atoms with Crippen molar-refractivity contribution in [3.8, 4) is 0 Å². The van der Waals surface area contributed by atoms with E-state index in [0.717, 1.165) is 23.0 Å². The summed E-state index contributed by atoms with van der Waals surface area (Å²) in [6.07, 6.45) is 0. The molecule has 1 heterocycles. The number of aromatic amines is 1. The Morgan fingerprint density at radius 3 is 2.78 bits per heavy atom. The number of rotatable bonds is 4. The molecule has 0 spiro atoms. The smallest absolute Gasteiger partial charge is 0.252 e. The summed E-state index contributed by atoms with van der Waals surface area (Å²) in [4.78, 5) is 15.0. The van der Waals surface area contributed by atoms with E-state index in [-0.39, 0.29) is 5.56 Å². The Kier molecular flexibility index (Phi) is 3.82. The second-order valence-corrected chi connectivity index (χ2v) is 4.87. The minimum Gasteiger partial charge on any atom is -0.321 e. The standard InChI is InChI=1S/C15H20N2O/c1-4-16-9-12-8-11-6-5-7-13(10(2)3)14(11)17-15(12)18/h5-8,10,16H,4,9H2,1-3H3,(H,17,18). The lowest BCUT2D eigenvalue weighted by Crippen LogP contribution is -2.20. The zero-order chi connectivity index (χ0) is 13.1. The Balaban J connectivity index is 2.56. The molecule has 0 unspecified atom stereocenters. The molecule has 3 heteroatoms. The zero-order valence-electron chi connectivity index (χ0n) is 11.2. The monoisotopic (exact) mass is 244 g/mol. The molecule has 1 aromatic heterocycles. The number of pyridine rings is 1. The molecule has 2 rings (SSSR count). The second kappa shape index (κ2) is 5.36. The van der Waals surface area contributed by atoms with Gasteiger partial charge in [0.05, 0.1) is 5.52 Å². The van der Waals surface area contributed by atoms with Crippen LogP contribution in [0.3, 0.4) is 0 Å². The summed E-state index contributed by atoms with van der Waals surface area (Å²) >= 11 is 0. The topological polar surface area (TPSA) is 44.9 Å². The number of aromatic nitrogens is 1. The van der Waals surface area contributed by atoms with E-state index in [4.69, 9.17) is 0 Å². The number of fused-ring (bicyclic) bond motifs is 1. The molecule has 0 atom stereocenters. The van der Waals surface area contributed by atoms with Crippen LogP contribution in [0.15, 0.2) is 29.1 Å². The van der Waals surface area contributed by atoms with Crippen molar-refractivity contribution in [1.29, 1.82) is 0 Å². The van der Waals surface area contributed by atoms with Crippen LogP contribution in [-0.4, -0.2) is 11.5 Å². The van der Waals surface area contributed by atoms with Gasteiger partial charge >= 0.3 is 0 Å². The molecule has 0 bridgehead atoms. The highest BCUT2D eigenvalue weighted by Gasteiger charge is 2.08. The van der Waals surface area contributed by atoms with E-state index in [9.17, 15) is 4.79 Å². The van der Waals surface area contributed by atoms with Gasteiger partial charge < -0.3 is 10.3 Å². The van der Waals surface area contributed by atoms with E-state index < -0.39 is 0 Å². The van der Waals surface area contributed by atoms with Crippen molar-refractivity contribution in [2.45, 2.75) is 33.2 Å². The third-order valence-corrected chi connectivity index (χ3v) is 3.18. The lowest BCUT2D eigenvalue weighted by Gasteiger charge is -2.10. The van der Waals surface area contributed by atoms with E-state index in [1.54, 1.807) is 0 Å². The third kappa shape index (κ3) is 2.46. The molecule has 0 saturated heterocycles. The van der Waals surface area contributed by atoms with Crippen molar-refractivity contribution in [2.24, 2.45) is 0 Å². The molecule has 2 N–H and O–H groups in total. The van der Waals surface area contributed by atoms with Crippen LogP contribution in [0.1, 0.15) is 37.8 Å². The maximum absolute atomic E-state index is 12.0. The Labute approximate surface area is 107 Å². The first kappa shape index (κ1) is 12.8. The van der Waals surface area contributed by atoms with Gasteiger partial charge in [0.15, 0.2) is 0 Å². The Morgan fingerprint density at radius 2 is 2.11 bits per heavy atom. The summed E-state index contributed by atoms with van der Waals surface area (Å²) < 4.78 is 0. The van der Waals surface area contributed by atoms with Crippen molar-refractivity contribution in [3.63, 3.8) is 0 Å². The van der Waals surface area contributed by atoms with E-state index >= 15 is 0 Å². The summed E-state index contributed by atoms with van der Waals surface area (Å²) in [5.41, 5.74) is 2.97. The summed E-state index contributed by atoms with van der Waals surface area (Å²) in [7, 11) is 0. The van der Waals surface area contributed by atoms with E-state index in [2.05, 4.69) is 30.2 Å². The maximum atomic E-state index is 12.0. The lowest BCUT2D eigenvalue weighted by atomic mass is 9.99. The van der Waals surface area contributed by atoms with Gasteiger partial charge in [-0.1, -0.05) is 39.0 Å². The fourth-order valence-electron chi connectivity index (χ4n) is 2.17. The van der Waals surface area contributed by atoms with Crippen molar-refractivity contribution in [2.75, 3.05) is 6.54 Å². The molecule has 18 heavy (non-hydrogen) atoms. The third-order valence-electron chi connectivity index (χ3n) is 3.18. The zero-order valence-corrected chi connectivity index (χ0v) is 11.2. The van der Waals surface area contributed by atoms with Gasteiger partial charge in [-0.2, -0.15) is 0 Å². The van der Waals surface area contributed by atoms with Gasteiger partial charge in [-0.15, -0.1) is 0 Å². The van der Waals surface area contributed by atoms with Crippen LogP contribution >= 0.6 is 0 Å². The normalized spacial score (nSPS) is 11.3. The molecule has 0 aliphatic heterocycles. The quantitative estimate of drug-likeness (QED) is 0.868. The molecule has 0 amide bonds. The number of para-hydroxylation sites is 1. The van der Waals surface area contributed by atoms with Crippen molar-refractivity contribution >= 4 is 10.9 Å². The molecular formula is C15H20N2O. The van der Waals surface area contributed by atoms with Crippen LogP contribution < -0.4 is 10.9 Å². The highest BCUT2D eigenvalue weighted by molar-refractivity contribution is 5.82. The fourth-order valence-corrected chi connectivity index (χ4v) is 2.17. The number of nitrogens with one attached hydrogen (secondary N) is 2. The predicted octanol–water partition coefficient (Wildman–Crippen LogP) is 2.76. The molecule has 0 radical (unpaired) electrons. The molecule has 2 aromatic rings. The molecule has 0 saturated carbocycles.